The number of piperidine rings is 1. The number of aryl methyl sites for hydroxylation is 1. The standard InChI is InChI=1S/C14H22N4O2/c1-10-8-13(16-20-10)14(19)18-7-4-12(9-18)17-5-2-11(15)3-6-17/h8,11-12H,2-7,9,15H2,1H3. The lowest BCUT2D eigenvalue weighted by Crippen LogP contribution is -2.46. The van der Waals surface area contributed by atoms with Crippen LogP contribution in [0.5, 0.6) is 0 Å². The fourth-order valence-electron chi connectivity index (χ4n) is 3.14. The minimum Gasteiger partial charge on any atom is -0.361 e. The third kappa shape index (κ3) is 2.71. The highest BCUT2D eigenvalue weighted by atomic mass is 16.5. The van der Waals surface area contributed by atoms with Crippen molar-refractivity contribution in [3.8, 4) is 0 Å². The summed E-state index contributed by atoms with van der Waals surface area (Å²) in [5.41, 5.74) is 6.36. The Balaban J connectivity index is 1.58. The van der Waals surface area contributed by atoms with E-state index < -0.39 is 0 Å². The minimum atomic E-state index is -0.0157. The molecule has 2 N–H and O–H groups in total. The van der Waals surface area contributed by atoms with Gasteiger partial charge in [0.2, 0.25) is 0 Å². The molecule has 0 saturated carbocycles. The zero-order valence-electron chi connectivity index (χ0n) is 11.9. The molecule has 1 atom stereocenters. The van der Waals surface area contributed by atoms with E-state index in [0.29, 0.717) is 23.5 Å². The molecule has 0 radical (unpaired) electrons. The molecule has 110 valence electrons. The van der Waals surface area contributed by atoms with Crippen LogP contribution in [0.2, 0.25) is 0 Å². The molecule has 3 heterocycles. The summed E-state index contributed by atoms with van der Waals surface area (Å²) in [5.74, 6) is 0.659. The highest BCUT2D eigenvalue weighted by Gasteiger charge is 2.33. The van der Waals surface area contributed by atoms with E-state index in [1.165, 1.54) is 0 Å². The molecule has 1 aromatic heterocycles. The largest absolute Gasteiger partial charge is 0.361 e. The molecule has 0 bridgehead atoms. The van der Waals surface area contributed by atoms with Crippen molar-refractivity contribution in [2.75, 3.05) is 26.2 Å². The van der Waals surface area contributed by atoms with Gasteiger partial charge in [0.05, 0.1) is 0 Å². The van der Waals surface area contributed by atoms with E-state index in [9.17, 15) is 4.79 Å². The number of hydrogen-bond acceptors (Lipinski definition) is 5. The Hall–Kier alpha value is -1.40. The second-order valence-corrected chi connectivity index (χ2v) is 5.89. The lowest BCUT2D eigenvalue weighted by molar-refractivity contribution is 0.0759. The van der Waals surface area contributed by atoms with Gasteiger partial charge in [-0.25, -0.2) is 0 Å². The van der Waals surface area contributed by atoms with Crippen LogP contribution in [0.15, 0.2) is 10.6 Å². The lowest BCUT2D eigenvalue weighted by atomic mass is 10.0. The number of nitrogens with zero attached hydrogens (tertiary/aromatic N) is 3. The van der Waals surface area contributed by atoms with Crippen molar-refractivity contribution in [2.45, 2.75) is 38.3 Å². The number of hydrogen-bond donors (Lipinski definition) is 1. The monoisotopic (exact) mass is 278 g/mol. The Labute approximate surface area is 118 Å². The number of likely N-dealkylation sites (tertiary alicyclic amines) is 2. The fourth-order valence-corrected chi connectivity index (χ4v) is 3.14. The zero-order chi connectivity index (χ0) is 14.1. The first-order valence-corrected chi connectivity index (χ1v) is 7.35. The van der Waals surface area contributed by atoms with Gasteiger partial charge in [-0.3, -0.25) is 9.69 Å². The second kappa shape index (κ2) is 5.54. The summed E-state index contributed by atoms with van der Waals surface area (Å²) in [6, 6.07) is 2.53. The summed E-state index contributed by atoms with van der Waals surface area (Å²) in [4.78, 5) is 16.7. The first kappa shape index (κ1) is 13.6. The molecular weight excluding hydrogens is 256 g/mol. The molecule has 6 nitrogen and oxygen atoms in total. The Morgan fingerprint density at radius 3 is 2.75 bits per heavy atom. The van der Waals surface area contributed by atoms with Crippen LogP contribution in [0.4, 0.5) is 0 Å². The number of aromatic nitrogens is 1. The van der Waals surface area contributed by atoms with Crippen molar-refractivity contribution in [2.24, 2.45) is 5.73 Å². The average molecular weight is 278 g/mol. The van der Waals surface area contributed by atoms with Crippen molar-refractivity contribution < 1.29 is 9.32 Å². The van der Waals surface area contributed by atoms with E-state index >= 15 is 0 Å². The molecule has 0 spiro atoms. The predicted molar refractivity (Wildman–Crippen MR) is 74.3 cm³/mol. The van der Waals surface area contributed by atoms with Gasteiger partial charge in [-0.2, -0.15) is 0 Å². The van der Waals surface area contributed by atoms with Crippen LogP contribution in [0.3, 0.4) is 0 Å². The molecule has 0 aliphatic carbocycles. The molecule has 6 heteroatoms. The summed E-state index contributed by atoms with van der Waals surface area (Å²) in [6.07, 6.45) is 3.16. The SMILES string of the molecule is Cc1cc(C(=O)N2CCC(N3CCC(N)CC3)C2)no1. The Morgan fingerprint density at radius 2 is 2.10 bits per heavy atom. The molecule has 2 aliphatic rings. The fraction of sp³-hybridized carbons (Fsp3) is 0.714. The molecule has 1 unspecified atom stereocenters. The molecule has 2 aliphatic heterocycles. The summed E-state index contributed by atoms with van der Waals surface area (Å²) in [6.45, 7) is 5.50. The van der Waals surface area contributed by atoms with E-state index in [4.69, 9.17) is 10.3 Å². The summed E-state index contributed by atoms with van der Waals surface area (Å²) < 4.78 is 4.98. The van der Waals surface area contributed by atoms with Gasteiger partial charge in [-0.15, -0.1) is 0 Å². The minimum absolute atomic E-state index is 0.0157. The van der Waals surface area contributed by atoms with Gasteiger partial charge in [0.25, 0.3) is 5.91 Å². The van der Waals surface area contributed by atoms with E-state index in [0.717, 1.165) is 45.4 Å². The van der Waals surface area contributed by atoms with Gasteiger partial charge in [0.1, 0.15) is 5.76 Å². The molecule has 0 aromatic carbocycles. The number of rotatable bonds is 2. The zero-order valence-corrected chi connectivity index (χ0v) is 11.9. The van der Waals surface area contributed by atoms with E-state index in [-0.39, 0.29) is 5.91 Å². The van der Waals surface area contributed by atoms with Crippen LogP contribution in [-0.2, 0) is 0 Å². The number of nitrogens with two attached hydrogens (primary N) is 1. The summed E-state index contributed by atoms with van der Waals surface area (Å²) in [5, 5.41) is 3.81. The maximum atomic E-state index is 12.3. The topological polar surface area (TPSA) is 75.6 Å². The summed E-state index contributed by atoms with van der Waals surface area (Å²) in [7, 11) is 0. The van der Waals surface area contributed by atoms with E-state index in [1.54, 1.807) is 13.0 Å². The average Bonchev–Trinajstić information content (AvgIpc) is 3.08. The number of carbonyl (C=O) groups excluding carboxylic acids is 1. The highest BCUT2D eigenvalue weighted by molar-refractivity contribution is 5.92. The van der Waals surface area contributed by atoms with Crippen LogP contribution in [0.1, 0.15) is 35.5 Å². The van der Waals surface area contributed by atoms with Gasteiger partial charge in [0.15, 0.2) is 5.69 Å². The van der Waals surface area contributed by atoms with Crippen LogP contribution >= 0.6 is 0 Å². The van der Waals surface area contributed by atoms with Crippen molar-refractivity contribution >= 4 is 5.91 Å². The first-order chi connectivity index (χ1) is 9.63. The third-order valence-electron chi connectivity index (χ3n) is 4.39. The molecule has 2 fully saturated rings. The predicted octanol–water partition coefficient (Wildman–Crippen LogP) is 0.621. The van der Waals surface area contributed by atoms with E-state index in [2.05, 4.69) is 10.1 Å². The Morgan fingerprint density at radius 1 is 1.35 bits per heavy atom. The maximum Gasteiger partial charge on any atom is 0.276 e. The van der Waals surface area contributed by atoms with Crippen molar-refractivity contribution in [1.29, 1.82) is 0 Å². The van der Waals surface area contributed by atoms with Crippen LogP contribution in [-0.4, -0.2) is 59.1 Å². The van der Waals surface area contributed by atoms with Gasteiger partial charge < -0.3 is 15.2 Å². The lowest BCUT2D eigenvalue weighted by Gasteiger charge is -2.34. The summed E-state index contributed by atoms with van der Waals surface area (Å²) >= 11 is 0. The molecule has 20 heavy (non-hydrogen) atoms. The van der Waals surface area contributed by atoms with Gasteiger partial charge in [0, 0.05) is 31.2 Å². The molecule has 1 amide bonds. The maximum absolute atomic E-state index is 12.3. The number of amides is 1. The molecule has 3 rings (SSSR count). The third-order valence-corrected chi connectivity index (χ3v) is 4.39. The van der Waals surface area contributed by atoms with Gasteiger partial charge >= 0.3 is 0 Å². The normalized spacial score (nSPS) is 25.3. The molecule has 1 aromatic rings. The van der Waals surface area contributed by atoms with Crippen molar-refractivity contribution in [1.82, 2.24) is 15.0 Å². The van der Waals surface area contributed by atoms with Crippen LogP contribution < -0.4 is 5.73 Å². The van der Waals surface area contributed by atoms with Crippen molar-refractivity contribution in [3.63, 3.8) is 0 Å². The molecule has 2 saturated heterocycles. The smallest absolute Gasteiger partial charge is 0.276 e. The van der Waals surface area contributed by atoms with E-state index in [1.807, 2.05) is 4.90 Å². The number of carbonyl (C=O) groups is 1. The quantitative estimate of drug-likeness (QED) is 0.858. The van der Waals surface area contributed by atoms with Gasteiger partial charge in [-0.1, -0.05) is 5.16 Å². The Kier molecular flexibility index (Phi) is 3.76. The first-order valence-electron chi connectivity index (χ1n) is 7.35. The second-order valence-electron chi connectivity index (χ2n) is 5.89. The highest BCUT2D eigenvalue weighted by Crippen LogP contribution is 2.21. The van der Waals surface area contributed by atoms with Crippen LogP contribution in [0.25, 0.3) is 0 Å². The molecular formula is C14H22N4O2. The van der Waals surface area contributed by atoms with Crippen molar-refractivity contribution in [3.05, 3.63) is 17.5 Å². The van der Waals surface area contributed by atoms with Crippen LogP contribution in [0, 0.1) is 6.92 Å². The Bertz CT molecular complexity index is 479. The van der Waals surface area contributed by atoms with Gasteiger partial charge in [-0.05, 0) is 39.3 Å².